The van der Waals surface area contributed by atoms with Gasteiger partial charge in [-0.2, -0.15) is 0 Å². The highest BCUT2D eigenvalue weighted by Gasteiger charge is 2.15. The molecule has 0 fully saturated rings. The largest absolute Gasteiger partial charge is 0.475 e. The predicted octanol–water partition coefficient (Wildman–Crippen LogP) is -0.507. The molecule has 0 bridgehead atoms. The molecule has 14 heavy (non-hydrogen) atoms. The number of fused-ring (bicyclic) bond motifs is 1. The number of nitrogens with zero attached hydrogens (tertiary/aromatic N) is 2. The molecule has 0 aliphatic carbocycles. The van der Waals surface area contributed by atoms with E-state index in [1.807, 2.05) is 0 Å². The number of aromatic nitrogens is 2. The van der Waals surface area contributed by atoms with Crippen LogP contribution in [-0.2, 0) is 13.0 Å². The maximum atomic E-state index is 8.65. The smallest absolute Gasteiger partial charge is 0.221 e. The molecule has 2 N–H and O–H groups in total. The van der Waals surface area contributed by atoms with Gasteiger partial charge in [0.1, 0.15) is 12.9 Å². The molecular weight excluding hydrogens is 182 g/mol. The maximum absolute atomic E-state index is 8.65. The van der Waals surface area contributed by atoms with Gasteiger partial charge in [0.05, 0.1) is 12.3 Å². The number of aliphatic hydroxyl groups excluding tert-OH is 1. The van der Waals surface area contributed by atoms with Crippen LogP contribution in [0.15, 0.2) is 6.33 Å². The van der Waals surface area contributed by atoms with Crippen molar-refractivity contribution in [3.05, 3.63) is 17.6 Å². The molecule has 0 unspecified atom stereocenters. The van der Waals surface area contributed by atoms with Crippen LogP contribution in [0, 0.1) is 0 Å². The van der Waals surface area contributed by atoms with Gasteiger partial charge in [-0.3, -0.25) is 0 Å². The minimum absolute atomic E-state index is 0.00616. The third-order valence-electron chi connectivity index (χ3n) is 2.17. The van der Waals surface area contributed by atoms with E-state index in [0.717, 1.165) is 30.8 Å². The van der Waals surface area contributed by atoms with E-state index in [9.17, 15) is 0 Å². The highest BCUT2D eigenvalue weighted by atomic mass is 16.5. The summed E-state index contributed by atoms with van der Waals surface area (Å²) in [5, 5.41) is 11.9. The van der Waals surface area contributed by atoms with Gasteiger partial charge in [0, 0.05) is 25.1 Å². The van der Waals surface area contributed by atoms with Crippen molar-refractivity contribution < 1.29 is 9.84 Å². The van der Waals surface area contributed by atoms with Crippen LogP contribution in [0.3, 0.4) is 0 Å². The topological polar surface area (TPSA) is 67.3 Å². The van der Waals surface area contributed by atoms with Crippen LogP contribution in [0.25, 0.3) is 0 Å². The maximum Gasteiger partial charge on any atom is 0.221 e. The molecule has 0 saturated heterocycles. The lowest BCUT2D eigenvalue weighted by Gasteiger charge is -2.17. The van der Waals surface area contributed by atoms with E-state index in [2.05, 4.69) is 15.3 Å². The zero-order valence-corrected chi connectivity index (χ0v) is 7.86. The fraction of sp³-hybridized carbons (Fsp3) is 0.556. The summed E-state index contributed by atoms with van der Waals surface area (Å²) in [6.45, 7) is 1.98. The van der Waals surface area contributed by atoms with E-state index in [4.69, 9.17) is 9.84 Å². The summed E-state index contributed by atoms with van der Waals surface area (Å²) in [5.41, 5.74) is 2.07. The molecular formula is C9H13N3O2. The van der Waals surface area contributed by atoms with Gasteiger partial charge in [-0.25, -0.2) is 9.97 Å². The molecule has 1 aliphatic rings. The Morgan fingerprint density at radius 3 is 3.29 bits per heavy atom. The minimum Gasteiger partial charge on any atom is -0.475 e. The van der Waals surface area contributed by atoms with Gasteiger partial charge in [0.15, 0.2) is 0 Å². The summed E-state index contributed by atoms with van der Waals surface area (Å²) in [4.78, 5) is 8.24. The van der Waals surface area contributed by atoms with Crippen molar-refractivity contribution in [1.82, 2.24) is 15.3 Å². The van der Waals surface area contributed by atoms with E-state index >= 15 is 0 Å². The first kappa shape index (κ1) is 9.36. The third-order valence-corrected chi connectivity index (χ3v) is 2.17. The highest BCUT2D eigenvalue weighted by Crippen LogP contribution is 2.20. The summed E-state index contributed by atoms with van der Waals surface area (Å²) in [5.74, 6) is 0.594. The van der Waals surface area contributed by atoms with Crippen LogP contribution in [0.5, 0.6) is 5.88 Å². The lowest BCUT2D eigenvalue weighted by Crippen LogP contribution is -2.25. The Balaban J connectivity index is 2.21. The quantitative estimate of drug-likeness (QED) is 0.680. The van der Waals surface area contributed by atoms with E-state index in [1.165, 1.54) is 6.33 Å². The molecule has 76 valence electrons. The van der Waals surface area contributed by atoms with Gasteiger partial charge >= 0.3 is 0 Å². The van der Waals surface area contributed by atoms with Gasteiger partial charge in [-0.15, -0.1) is 0 Å². The number of aliphatic hydroxyl groups is 1. The van der Waals surface area contributed by atoms with E-state index < -0.39 is 0 Å². The number of hydrogen-bond acceptors (Lipinski definition) is 5. The predicted molar refractivity (Wildman–Crippen MR) is 50.0 cm³/mol. The Hall–Kier alpha value is -1.20. The average Bonchev–Trinajstić information content (AvgIpc) is 2.26. The van der Waals surface area contributed by atoms with Crippen molar-refractivity contribution in [2.24, 2.45) is 0 Å². The highest BCUT2D eigenvalue weighted by molar-refractivity contribution is 5.31. The first-order chi connectivity index (χ1) is 6.92. The first-order valence-corrected chi connectivity index (χ1v) is 4.69. The molecule has 0 atom stereocenters. The monoisotopic (exact) mass is 195 g/mol. The molecule has 5 heteroatoms. The zero-order chi connectivity index (χ0) is 9.80. The van der Waals surface area contributed by atoms with Crippen LogP contribution in [0.2, 0.25) is 0 Å². The van der Waals surface area contributed by atoms with Crippen molar-refractivity contribution in [3.63, 3.8) is 0 Å². The van der Waals surface area contributed by atoms with Gasteiger partial charge in [-0.05, 0) is 0 Å². The standard InChI is InChI=1S/C9H13N3O2/c13-3-4-14-9-7-5-10-2-1-8(7)11-6-12-9/h6,10,13H,1-5H2. The summed E-state index contributed by atoms with van der Waals surface area (Å²) in [6, 6.07) is 0. The molecule has 1 aliphatic heterocycles. The van der Waals surface area contributed by atoms with E-state index in [1.54, 1.807) is 0 Å². The van der Waals surface area contributed by atoms with Gasteiger partial charge in [-0.1, -0.05) is 0 Å². The van der Waals surface area contributed by atoms with Gasteiger partial charge in [0.25, 0.3) is 0 Å². The molecule has 0 saturated carbocycles. The molecule has 0 aromatic carbocycles. The van der Waals surface area contributed by atoms with E-state index in [-0.39, 0.29) is 13.2 Å². The third kappa shape index (κ3) is 1.83. The number of nitrogens with one attached hydrogen (secondary N) is 1. The Morgan fingerprint density at radius 1 is 1.50 bits per heavy atom. The SMILES string of the molecule is OCCOc1ncnc2c1CNCC2. The molecule has 1 aromatic rings. The molecule has 2 heterocycles. The lowest BCUT2D eigenvalue weighted by atomic mass is 10.1. The van der Waals surface area contributed by atoms with Crippen LogP contribution in [0.1, 0.15) is 11.3 Å². The van der Waals surface area contributed by atoms with Crippen molar-refractivity contribution in [3.8, 4) is 5.88 Å². The fourth-order valence-corrected chi connectivity index (χ4v) is 1.51. The average molecular weight is 195 g/mol. The van der Waals surface area contributed by atoms with Crippen molar-refractivity contribution in [2.75, 3.05) is 19.8 Å². The Bertz CT molecular complexity index is 317. The Labute approximate surface area is 82.1 Å². The van der Waals surface area contributed by atoms with Crippen LogP contribution in [-0.4, -0.2) is 34.8 Å². The number of ether oxygens (including phenoxy) is 1. The Morgan fingerprint density at radius 2 is 2.43 bits per heavy atom. The summed E-state index contributed by atoms with van der Waals surface area (Å²) in [7, 11) is 0. The number of rotatable bonds is 3. The first-order valence-electron chi connectivity index (χ1n) is 4.69. The van der Waals surface area contributed by atoms with Gasteiger partial charge in [0.2, 0.25) is 5.88 Å². The van der Waals surface area contributed by atoms with Crippen LogP contribution < -0.4 is 10.1 Å². The van der Waals surface area contributed by atoms with Crippen LogP contribution >= 0.6 is 0 Å². The van der Waals surface area contributed by atoms with Crippen LogP contribution in [0.4, 0.5) is 0 Å². The zero-order valence-electron chi connectivity index (χ0n) is 7.86. The molecule has 0 amide bonds. The van der Waals surface area contributed by atoms with Gasteiger partial charge < -0.3 is 15.2 Å². The minimum atomic E-state index is 0.00616. The van der Waals surface area contributed by atoms with Crippen molar-refractivity contribution in [2.45, 2.75) is 13.0 Å². The molecule has 2 rings (SSSR count). The second-order valence-electron chi connectivity index (χ2n) is 3.10. The second-order valence-corrected chi connectivity index (χ2v) is 3.10. The van der Waals surface area contributed by atoms with Crippen molar-refractivity contribution in [1.29, 1.82) is 0 Å². The van der Waals surface area contributed by atoms with Crippen molar-refractivity contribution >= 4 is 0 Å². The molecule has 0 spiro atoms. The summed E-state index contributed by atoms with van der Waals surface area (Å²) >= 11 is 0. The second kappa shape index (κ2) is 4.34. The normalized spacial score (nSPS) is 14.9. The fourth-order valence-electron chi connectivity index (χ4n) is 1.51. The van der Waals surface area contributed by atoms with E-state index in [0.29, 0.717) is 5.88 Å². The summed E-state index contributed by atoms with van der Waals surface area (Å²) in [6.07, 6.45) is 2.42. The Kier molecular flexibility index (Phi) is 2.90. The molecule has 0 radical (unpaired) electrons. The number of hydrogen-bond donors (Lipinski definition) is 2. The summed E-state index contributed by atoms with van der Waals surface area (Å²) < 4.78 is 5.31. The lowest BCUT2D eigenvalue weighted by molar-refractivity contribution is 0.194. The molecule has 1 aromatic heterocycles. The molecule has 5 nitrogen and oxygen atoms in total.